The van der Waals surface area contributed by atoms with Crippen molar-refractivity contribution in [1.82, 2.24) is 10.3 Å². The summed E-state index contributed by atoms with van der Waals surface area (Å²) in [4.78, 5) is 4.04. The van der Waals surface area contributed by atoms with Crippen molar-refractivity contribution in [2.75, 3.05) is 6.54 Å². The zero-order chi connectivity index (χ0) is 12.8. The molecule has 2 aromatic rings. The minimum atomic E-state index is -0.363. The van der Waals surface area contributed by atoms with E-state index < -0.39 is 0 Å². The van der Waals surface area contributed by atoms with Crippen LogP contribution in [0, 0.1) is 0 Å². The lowest BCUT2D eigenvalue weighted by Gasteiger charge is -2.20. The first kappa shape index (κ1) is 12.7. The molecule has 0 saturated heterocycles. The van der Waals surface area contributed by atoms with Crippen LogP contribution in [0.3, 0.4) is 0 Å². The van der Waals surface area contributed by atoms with Gasteiger partial charge in [-0.1, -0.05) is 30.3 Å². The monoisotopic (exact) mass is 242 g/mol. The Kier molecular flexibility index (Phi) is 4.45. The number of benzene rings is 1. The van der Waals surface area contributed by atoms with Crippen molar-refractivity contribution < 1.29 is 5.11 Å². The molecule has 0 fully saturated rings. The molecule has 3 nitrogen and oxygen atoms in total. The van der Waals surface area contributed by atoms with Crippen LogP contribution in [0.25, 0.3) is 0 Å². The molecule has 1 heterocycles. The van der Waals surface area contributed by atoms with Gasteiger partial charge in [-0.2, -0.15) is 0 Å². The third kappa shape index (κ3) is 3.39. The number of hydrogen-bond donors (Lipinski definition) is 2. The fraction of sp³-hybridized carbons (Fsp3) is 0.267. The Hall–Kier alpha value is -1.71. The van der Waals surface area contributed by atoms with Gasteiger partial charge in [-0.25, -0.2) is 0 Å². The summed E-state index contributed by atoms with van der Waals surface area (Å²) in [6.45, 7) is 2.34. The Bertz CT molecular complexity index is 417. The van der Waals surface area contributed by atoms with E-state index in [2.05, 4.69) is 22.4 Å². The predicted molar refractivity (Wildman–Crippen MR) is 72.2 cm³/mol. The first-order valence-corrected chi connectivity index (χ1v) is 6.13. The zero-order valence-electron chi connectivity index (χ0n) is 10.5. The van der Waals surface area contributed by atoms with E-state index in [1.807, 2.05) is 30.3 Å². The van der Waals surface area contributed by atoms with Gasteiger partial charge in [0.05, 0.1) is 12.1 Å². The summed E-state index contributed by atoms with van der Waals surface area (Å²) in [7, 11) is 0. The van der Waals surface area contributed by atoms with Crippen molar-refractivity contribution >= 4 is 0 Å². The van der Waals surface area contributed by atoms with Crippen LogP contribution in [-0.4, -0.2) is 22.7 Å². The average Bonchev–Trinajstić information content (AvgIpc) is 2.41. The molecule has 1 aromatic heterocycles. The average molecular weight is 242 g/mol. The lowest BCUT2D eigenvalue weighted by Crippen LogP contribution is -2.29. The first-order chi connectivity index (χ1) is 8.77. The lowest BCUT2D eigenvalue weighted by atomic mass is 9.99. The van der Waals surface area contributed by atoms with Crippen molar-refractivity contribution in [3.05, 3.63) is 66.0 Å². The molecule has 0 radical (unpaired) electrons. The van der Waals surface area contributed by atoms with E-state index in [0.717, 1.165) is 5.56 Å². The fourth-order valence-corrected chi connectivity index (χ4v) is 1.92. The largest absolute Gasteiger partial charge is 0.392 e. The molecule has 0 saturated carbocycles. The van der Waals surface area contributed by atoms with Gasteiger partial charge < -0.3 is 10.4 Å². The van der Waals surface area contributed by atoms with Crippen molar-refractivity contribution in [3.8, 4) is 0 Å². The summed E-state index contributed by atoms with van der Waals surface area (Å²) in [5.74, 6) is 0. The molecule has 0 aliphatic carbocycles. The van der Waals surface area contributed by atoms with Gasteiger partial charge in [0.15, 0.2) is 0 Å². The van der Waals surface area contributed by atoms with Gasteiger partial charge in [-0.3, -0.25) is 4.98 Å². The summed E-state index contributed by atoms with van der Waals surface area (Å²) in [6.07, 6.45) is 3.21. The quantitative estimate of drug-likeness (QED) is 0.844. The standard InChI is InChI=1S/C15H18N2O/c1-12(18)11-17-15(13-5-3-2-4-6-13)14-7-9-16-10-8-14/h2-10,12,15,17-18H,11H2,1H3/t12-,15?/m1/s1. The number of nitrogens with one attached hydrogen (secondary N) is 1. The first-order valence-electron chi connectivity index (χ1n) is 6.13. The highest BCUT2D eigenvalue weighted by Gasteiger charge is 2.13. The van der Waals surface area contributed by atoms with E-state index in [1.165, 1.54) is 5.56 Å². The van der Waals surface area contributed by atoms with Crippen LogP contribution in [0.5, 0.6) is 0 Å². The van der Waals surface area contributed by atoms with Gasteiger partial charge in [-0.15, -0.1) is 0 Å². The van der Waals surface area contributed by atoms with Gasteiger partial charge in [0.2, 0.25) is 0 Å². The molecule has 0 aliphatic rings. The van der Waals surface area contributed by atoms with Crippen LogP contribution in [0.1, 0.15) is 24.1 Å². The zero-order valence-corrected chi connectivity index (χ0v) is 10.5. The molecule has 2 atom stereocenters. The van der Waals surface area contributed by atoms with E-state index in [-0.39, 0.29) is 12.1 Å². The minimum Gasteiger partial charge on any atom is -0.392 e. The van der Waals surface area contributed by atoms with Crippen LogP contribution in [0.4, 0.5) is 0 Å². The molecule has 94 valence electrons. The van der Waals surface area contributed by atoms with Gasteiger partial charge >= 0.3 is 0 Å². The number of rotatable bonds is 5. The molecular weight excluding hydrogens is 224 g/mol. The van der Waals surface area contributed by atoms with E-state index in [4.69, 9.17) is 0 Å². The highest BCUT2D eigenvalue weighted by molar-refractivity contribution is 5.30. The molecule has 0 bridgehead atoms. The van der Waals surface area contributed by atoms with E-state index >= 15 is 0 Å². The SMILES string of the molecule is C[C@@H](O)CNC(c1ccccc1)c1ccncc1. The normalized spacial score (nSPS) is 14.1. The molecule has 2 N–H and O–H groups in total. The van der Waals surface area contributed by atoms with Crippen LogP contribution in [0.2, 0.25) is 0 Å². The lowest BCUT2D eigenvalue weighted by molar-refractivity contribution is 0.188. The number of aliphatic hydroxyl groups excluding tert-OH is 1. The summed E-state index contributed by atoms with van der Waals surface area (Å²) in [5.41, 5.74) is 2.33. The molecule has 0 aliphatic heterocycles. The predicted octanol–water partition coefficient (Wildman–Crippen LogP) is 2.14. The number of aromatic nitrogens is 1. The Balaban J connectivity index is 2.24. The fourth-order valence-electron chi connectivity index (χ4n) is 1.92. The maximum Gasteiger partial charge on any atom is 0.0636 e. The van der Waals surface area contributed by atoms with Crippen molar-refractivity contribution in [3.63, 3.8) is 0 Å². The highest BCUT2D eigenvalue weighted by Crippen LogP contribution is 2.20. The molecule has 1 unspecified atom stereocenters. The Morgan fingerprint density at radius 1 is 1.06 bits per heavy atom. The Labute approximate surface area is 108 Å². The molecule has 2 rings (SSSR count). The van der Waals surface area contributed by atoms with Crippen LogP contribution >= 0.6 is 0 Å². The Morgan fingerprint density at radius 2 is 1.67 bits per heavy atom. The molecule has 0 spiro atoms. The van der Waals surface area contributed by atoms with Crippen LogP contribution < -0.4 is 5.32 Å². The summed E-state index contributed by atoms with van der Waals surface area (Å²) >= 11 is 0. The molecule has 18 heavy (non-hydrogen) atoms. The third-order valence-corrected chi connectivity index (χ3v) is 2.79. The van der Waals surface area contributed by atoms with Crippen LogP contribution in [0.15, 0.2) is 54.9 Å². The summed E-state index contributed by atoms with van der Waals surface area (Å²) in [5, 5.41) is 12.8. The second-order valence-electron chi connectivity index (χ2n) is 4.38. The van der Waals surface area contributed by atoms with Gasteiger partial charge in [0.1, 0.15) is 0 Å². The van der Waals surface area contributed by atoms with Crippen LogP contribution in [-0.2, 0) is 0 Å². The summed E-state index contributed by atoms with van der Waals surface area (Å²) < 4.78 is 0. The topological polar surface area (TPSA) is 45.1 Å². The molecule has 1 aromatic carbocycles. The maximum atomic E-state index is 9.42. The number of hydrogen-bond acceptors (Lipinski definition) is 3. The van der Waals surface area contributed by atoms with Gasteiger partial charge in [0.25, 0.3) is 0 Å². The molecular formula is C15H18N2O. The maximum absolute atomic E-state index is 9.42. The van der Waals surface area contributed by atoms with Gasteiger partial charge in [-0.05, 0) is 30.2 Å². The second kappa shape index (κ2) is 6.28. The summed E-state index contributed by atoms with van der Waals surface area (Å²) in [6, 6.07) is 14.3. The smallest absolute Gasteiger partial charge is 0.0636 e. The highest BCUT2D eigenvalue weighted by atomic mass is 16.3. The van der Waals surface area contributed by atoms with E-state index in [9.17, 15) is 5.11 Å². The minimum absolute atomic E-state index is 0.0869. The molecule has 3 heteroatoms. The molecule has 0 amide bonds. The number of aliphatic hydroxyl groups is 1. The van der Waals surface area contributed by atoms with Crippen molar-refractivity contribution in [2.24, 2.45) is 0 Å². The number of pyridine rings is 1. The van der Waals surface area contributed by atoms with Gasteiger partial charge in [0, 0.05) is 18.9 Å². The van der Waals surface area contributed by atoms with E-state index in [1.54, 1.807) is 19.3 Å². The van der Waals surface area contributed by atoms with Crippen molar-refractivity contribution in [2.45, 2.75) is 19.1 Å². The van der Waals surface area contributed by atoms with E-state index in [0.29, 0.717) is 6.54 Å². The third-order valence-electron chi connectivity index (χ3n) is 2.79. The van der Waals surface area contributed by atoms with Crippen molar-refractivity contribution in [1.29, 1.82) is 0 Å². The number of nitrogens with zero attached hydrogens (tertiary/aromatic N) is 1. The Morgan fingerprint density at radius 3 is 2.28 bits per heavy atom. The second-order valence-corrected chi connectivity index (χ2v) is 4.38.